The van der Waals surface area contributed by atoms with Crippen molar-refractivity contribution in [2.24, 2.45) is 17.3 Å². The molecule has 1 aliphatic carbocycles. The second kappa shape index (κ2) is 12.1. The van der Waals surface area contributed by atoms with Gasteiger partial charge in [-0.2, -0.15) is 0 Å². The van der Waals surface area contributed by atoms with Gasteiger partial charge in [-0.25, -0.2) is 0 Å². The van der Waals surface area contributed by atoms with E-state index < -0.39 is 0 Å². The third-order valence-corrected chi connectivity index (χ3v) is 5.29. The minimum atomic E-state index is 0.560. The van der Waals surface area contributed by atoms with Crippen LogP contribution in [0.1, 0.15) is 73.6 Å². The van der Waals surface area contributed by atoms with Gasteiger partial charge in [-0.3, -0.25) is 0 Å². The molecule has 136 valence electrons. The summed E-state index contributed by atoms with van der Waals surface area (Å²) in [4.78, 5) is 0. The second-order valence-corrected chi connectivity index (χ2v) is 7.31. The number of rotatable bonds is 7. The molecule has 0 bridgehead atoms. The quantitative estimate of drug-likeness (QED) is 0.327. The van der Waals surface area contributed by atoms with E-state index >= 15 is 0 Å². The molecule has 0 aliphatic heterocycles. The summed E-state index contributed by atoms with van der Waals surface area (Å²) >= 11 is 0. The molecule has 1 aliphatic rings. The lowest BCUT2D eigenvalue weighted by Crippen LogP contribution is -2.26. The lowest BCUT2D eigenvalue weighted by Gasteiger charge is -2.35. The van der Waals surface area contributed by atoms with Crippen LogP contribution in [0, 0.1) is 17.3 Å². The van der Waals surface area contributed by atoms with Gasteiger partial charge in [0.1, 0.15) is 0 Å². The highest BCUT2D eigenvalue weighted by Crippen LogP contribution is 2.53. The Kier molecular flexibility index (Phi) is 11.5. The van der Waals surface area contributed by atoms with Crippen LogP contribution in [0.15, 0.2) is 60.8 Å². The van der Waals surface area contributed by atoms with Gasteiger partial charge in [0, 0.05) is 0 Å². The maximum absolute atomic E-state index is 4.03. The average molecular weight is 329 g/mol. The van der Waals surface area contributed by atoms with Gasteiger partial charge in [0.15, 0.2) is 0 Å². The summed E-state index contributed by atoms with van der Waals surface area (Å²) in [5.74, 6) is 1.45. The molecule has 0 heteroatoms. The molecule has 0 saturated heterocycles. The Bertz CT molecular complexity index is 456. The van der Waals surface area contributed by atoms with Crippen LogP contribution < -0.4 is 0 Å². The zero-order valence-corrected chi connectivity index (χ0v) is 17.1. The summed E-state index contributed by atoms with van der Waals surface area (Å²) in [7, 11) is 0. The molecule has 0 aromatic rings. The van der Waals surface area contributed by atoms with Crippen molar-refractivity contribution in [3.8, 4) is 0 Å². The third-order valence-electron chi connectivity index (χ3n) is 5.29. The minimum Gasteiger partial charge on any atom is -0.103 e. The van der Waals surface area contributed by atoms with Crippen LogP contribution in [-0.2, 0) is 0 Å². The van der Waals surface area contributed by atoms with Crippen LogP contribution in [0.2, 0.25) is 0 Å². The normalized spacial score (nSPS) is 26.7. The first-order valence-corrected chi connectivity index (χ1v) is 9.60. The monoisotopic (exact) mass is 328 g/mol. The fourth-order valence-electron chi connectivity index (χ4n) is 3.87. The number of allylic oxidation sites excluding steroid dienone is 8. The topological polar surface area (TPSA) is 0 Å². The van der Waals surface area contributed by atoms with Crippen LogP contribution in [0.25, 0.3) is 0 Å². The Morgan fingerprint density at radius 3 is 2.25 bits per heavy atom. The molecular formula is C24H40. The number of hydrogen-bond donors (Lipinski definition) is 0. The highest BCUT2D eigenvalue weighted by molar-refractivity contribution is 5.19. The molecule has 24 heavy (non-hydrogen) atoms. The first kappa shape index (κ1) is 22.7. The number of hydrogen-bond acceptors (Lipinski definition) is 0. The molecule has 3 atom stereocenters. The van der Waals surface area contributed by atoms with Gasteiger partial charge in [-0.15, -0.1) is 6.58 Å². The van der Waals surface area contributed by atoms with Crippen molar-refractivity contribution in [3.05, 3.63) is 60.8 Å². The second-order valence-electron chi connectivity index (χ2n) is 7.31. The zero-order chi connectivity index (χ0) is 18.6. The summed E-state index contributed by atoms with van der Waals surface area (Å²) in [6, 6.07) is 0. The van der Waals surface area contributed by atoms with Crippen LogP contribution >= 0.6 is 0 Å². The molecule has 0 N–H and O–H groups in total. The Morgan fingerprint density at radius 2 is 1.83 bits per heavy atom. The fraction of sp³-hybridized carbons (Fsp3) is 0.583. The highest BCUT2D eigenvalue weighted by atomic mass is 14.5. The van der Waals surface area contributed by atoms with E-state index in [2.05, 4.69) is 53.0 Å². The van der Waals surface area contributed by atoms with E-state index in [-0.39, 0.29) is 0 Å². The van der Waals surface area contributed by atoms with Crippen LogP contribution in [-0.4, -0.2) is 0 Å². The summed E-state index contributed by atoms with van der Waals surface area (Å²) in [5, 5.41) is 0. The smallest absolute Gasteiger partial charge is 0.0112 e. The lowest BCUT2D eigenvalue weighted by molar-refractivity contribution is 0.192. The maximum Gasteiger partial charge on any atom is -0.0112 e. The Balaban J connectivity index is 0.000000561. The molecule has 1 rings (SSSR count). The van der Waals surface area contributed by atoms with E-state index in [1.807, 2.05) is 38.2 Å². The molecule has 1 saturated carbocycles. The third kappa shape index (κ3) is 7.07. The standard InChI is InChI=1S/C16H28.C8H12/c1-6-10-16(8-3)11-9-14(7-2)15(16)12-13(4)5;1-4-6-7-8(3)5-2/h7,12,14-15H,2,6,8-11H2,1,3-5H3;4-7H,2H2,1,3H3/b;6-4-,8-7-. The van der Waals surface area contributed by atoms with Crippen molar-refractivity contribution in [1.82, 2.24) is 0 Å². The van der Waals surface area contributed by atoms with E-state index in [0.717, 1.165) is 5.92 Å². The SMILES string of the molecule is C=C/C(C)=C\C=C/C.C=CC1CCC(CC)(CCC)C1C=C(C)C. The molecule has 0 spiro atoms. The summed E-state index contributed by atoms with van der Waals surface area (Å²) in [6.07, 6.45) is 19.3. The van der Waals surface area contributed by atoms with Gasteiger partial charge in [-0.05, 0) is 70.6 Å². The van der Waals surface area contributed by atoms with E-state index in [1.54, 1.807) is 0 Å². The molecule has 1 fully saturated rings. The summed E-state index contributed by atoms with van der Waals surface area (Å²) in [6.45, 7) is 20.8. The van der Waals surface area contributed by atoms with Crippen molar-refractivity contribution in [2.75, 3.05) is 0 Å². The van der Waals surface area contributed by atoms with Gasteiger partial charge < -0.3 is 0 Å². The highest BCUT2D eigenvalue weighted by Gasteiger charge is 2.43. The first-order chi connectivity index (χ1) is 11.4. The molecule has 0 radical (unpaired) electrons. The molecule has 3 unspecified atom stereocenters. The predicted molar refractivity (Wildman–Crippen MR) is 112 cm³/mol. The van der Waals surface area contributed by atoms with Crippen molar-refractivity contribution in [2.45, 2.75) is 73.6 Å². The van der Waals surface area contributed by atoms with E-state index in [9.17, 15) is 0 Å². The van der Waals surface area contributed by atoms with E-state index in [0.29, 0.717) is 11.3 Å². The zero-order valence-electron chi connectivity index (χ0n) is 17.1. The van der Waals surface area contributed by atoms with E-state index in [1.165, 1.54) is 43.3 Å². The Hall–Kier alpha value is -1.30. The van der Waals surface area contributed by atoms with Gasteiger partial charge >= 0.3 is 0 Å². The molecule has 0 aromatic heterocycles. The fourth-order valence-corrected chi connectivity index (χ4v) is 3.87. The van der Waals surface area contributed by atoms with Gasteiger partial charge in [0.05, 0.1) is 0 Å². The summed E-state index contributed by atoms with van der Waals surface area (Å²) in [5.41, 5.74) is 3.22. The predicted octanol–water partition coefficient (Wildman–Crippen LogP) is 8.06. The molecule has 0 aromatic carbocycles. The molecule has 0 amide bonds. The lowest BCUT2D eigenvalue weighted by atomic mass is 9.70. The maximum atomic E-state index is 4.03. The molecule has 0 heterocycles. The minimum absolute atomic E-state index is 0.560. The van der Waals surface area contributed by atoms with Crippen molar-refractivity contribution < 1.29 is 0 Å². The van der Waals surface area contributed by atoms with Crippen molar-refractivity contribution in [3.63, 3.8) is 0 Å². The van der Waals surface area contributed by atoms with Crippen LogP contribution in [0.4, 0.5) is 0 Å². The molecular weight excluding hydrogens is 288 g/mol. The largest absolute Gasteiger partial charge is 0.103 e. The first-order valence-electron chi connectivity index (χ1n) is 9.60. The molecule has 0 nitrogen and oxygen atoms in total. The van der Waals surface area contributed by atoms with Crippen molar-refractivity contribution >= 4 is 0 Å². The van der Waals surface area contributed by atoms with Gasteiger partial charge in [0.2, 0.25) is 0 Å². The van der Waals surface area contributed by atoms with Crippen molar-refractivity contribution in [1.29, 1.82) is 0 Å². The van der Waals surface area contributed by atoms with Gasteiger partial charge in [-0.1, -0.05) is 74.4 Å². The van der Waals surface area contributed by atoms with Gasteiger partial charge in [0.25, 0.3) is 0 Å². The van der Waals surface area contributed by atoms with Crippen LogP contribution in [0.3, 0.4) is 0 Å². The average Bonchev–Trinajstić information content (AvgIpc) is 2.91. The van der Waals surface area contributed by atoms with Crippen LogP contribution in [0.5, 0.6) is 0 Å². The Labute approximate surface area is 152 Å². The Morgan fingerprint density at radius 1 is 1.17 bits per heavy atom. The van der Waals surface area contributed by atoms with E-state index in [4.69, 9.17) is 0 Å². The summed E-state index contributed by atoms with van der Waals surface area (Å²) < 4.78 is 0.